The Bertz CT molecular complexity index is 866. The van der Waals surface area contributed by atoms with Crippen LogP contribution in [0.25, 0.3) is 5.57 Å². The average molecular weight is 410 g/mol. The quantitative estimate of drug-likeness (QED) is 0.686. The van der Waals surface area contributed by atoms with E-state index in [1.807, 2.05) is 12.1 Å². The number of ether oxygens (including phenoxy) is 2. The Kier molecular flexibility index (Phi) is 6.84. The number of rotatable bonds is 6. The highest BCUT2D eigenvalue weighted by molar-refractivity contribution is 5.65. The maximum Gasteiger partial charge on any atom is 0.216 e. The summed E-state index contributed by atoms with van der Waals surface area (Å²) in [6.07, 6.45) is 0. The van der Waals surface area contributed by atoms with Crippen molar-refractivity contribution in [1.82, 2.24) is 14.8 Å². The van der Waals surface area contributed by atoms with Crippen molar-refractivity contribution in [3.05, 3.63) is 59.7 Å². The summed E-state index contributed by atoms with van der Waals surface area (Å²) < 4.78 is 10.7. The Morgan fingerprint density at radius 1 is 1.10 bits per heavy atom. The molecule has 1 aromatic carbocycles. The first-order valence-electron chi connectivity index (χ1n) is 10.6. The molecule has 162 valence electrons. The summed E-state index contributed by atoms with van der Waals surface area (Å²) in [5.74, 6) is 1.17. The van der Waals surface area contributed by atoms with E-state index in [4.69, 9.17) is 9.47 Å². The van der Waals surface area contributed by atoms with E-state index in [1.54, 1.807) is 14.2 Å². The van der Waals surface area contributed by atoms with Crippen LogP contribution in [0.2, 0.25) is 0 Å². The van der Waals surface area contributed by atoms with Crippen LogP contribution in [0.5, 0.6) is 11.8 Å². The second kappa shape index (κ2) is 9.19. The van der Waals surface area contributed by atoms with E-state index in [9.17, 15) is 0 Å². The third-order valence-electron chi connectivity index (χ3n) is 5.77. The number of hydrogen-bond donors (Lipinski definition) is 0. The van der Waals surface area contributed by atoms with Gasteiger partial charge in [-0.15, -0.1) is 0 Å². The van der Waals surface area contributed by atoms with Crippen molar-refractivity contribution in [2.45, 2.75) is 45.8 Å². The standard InChI is InChI=1S/C25H35N3O2/c1-18(2)20-10-8-9-11-21(20)22-17-27(12-13-28(22)25(3,4)5)16-19-14-23(29-6)26-24(15-19)30-7/h8-11,14-15,22H,1,12-13,16-17H2,2-7H3. The molecule has 1 aromatic heterocycles. The minimum Gasteiger partial charge on any atom is -0.481 e. The lowest BCUT2D eigenvalue weighted by molar-refractivity contribution is 0.00584. The van der Waals surface area contributed by atoms with E-state index in [0.29, 0.717) is 17.8 Å². The average Bonchev–Trinajstić information content (AvgIpc) is 2.72. The van der Waals surface area contributed by atoms with Crippen LogP contribution in [-0.4, -0.2) is 54.2 Å². The fraction of sp³-hybridized carbons (Fsp3) is 0.480. The maximum absolute atomic E-state index is 5.35. The van der Waals surface area contributed by atoms with Crippen molar-refractivity contribution in [3.8, 4) is 11.8 Å². The Hall–Kier alpha value is -2.37. The molecule has 1 saturated heterocycles. The van der Waals surface area contributed by atoms with Gasteiger partial charge in [0.05, 0.1) is 14.2 Å². The van der Waals surface area contributed by atoms with Gasteiger partial charge < -0.3 is 9.47 Å². The summed E-state index contributed by atoms with van der Waals surface area (Å²) in [7, 11) is 3.27. The summed E-state index contributed by atoms with van der Waals surface area (Å²) >= 11 is 0. The number of nitrogens with zero attached hydrogens (tertiary/aromatic N) is 3. The predicted molar refractivity (Wildman–Crippen MR) is 123 cm³/mol. The highest BCUT2D eigenvalue weighted by Gasteiger charge is 2.35. The lowest BCUT2D eigenvalue weighted by Crippen LogP contribution is -2.54. The Morgan fingerprint density at radius 3 is 2.30 bits per heavy atom. The molecule has 1 fully saturated rings. The van der Waals surface area contributed by atoms with Gasteiger partial charge in [-0.1, -0.05) is 36.4 Å². The van der Waals surface area contributed by atoms with E-state index in [2.05, 4.69) is 73.3 Å². The molecule has 1 aliphatic heterocycles. The van der Waals surface area contributed by atoms with Crippen LogP contribution in [0, 0.1) is 0 Å². The molecular weight excluding hydrogens is 374 g/mol. The number of aromatic nitrogens is 1. The Labute approximate surface area is 181 Å². The van der Waals surface area contributed by atoms with Crippen molar-refractivity contribution >= 4 is 5.57 Å². The normalized spacial score (nSPS) is 18.3. The van der Waals surface area contributed by atoms with Gasteiger partial charge in [0.25, 0.3) is 0 Å². The second-order valence-electron chi connectivity index (χ2n) is 9.04. The van der Waals surface area contributed by atoms with Gasteiger partial charge in [0.15, 0.2) is 0 Å². The van der Waals surface area contributed by atoms with Crippen molar-refractivity contribution in [1.29, 1.82) is 0 Å². The van der Waals surface area contributed by atoms with Crippen LogP contribution < -0.4 is 9.47 Å². The van der Waals surface area contributed by atoms with Crippen LogP contribution in [-0.2, 0) is 6.54 Å². The summed E-state index contributed by atoms with van der Waals surface area (Å²) in [4.78, 5) is 9.45. The van der Waals surface area contributed by atoms with Crippen LogP contribution in [0.15, 0.2) is 43.0 Å². The molecule has 0 saturated carbocycles. The zero-order chi connectivity index (χ0) is 21.9. The molecule has 3 rings (SSSR count). The third kappa shape index (κ3) is 5.02. The number of pyridine rings is 1. The molecule has 0 N–H and O–H groups in total. The van der Waals surface area contributed by atoms with E-state index in [-0.39, 0.29) is 5.54 Å². The summed E-state index contributed by atoms with van der Waals surface area (Å²) in [5.41, 5.74) is 4.96. The zero-order valence-corrected chi connectivity index (χ0v) is 19.2. The molecule has 2 heterocycles. The Balaban J connectivity index is 1.90. The van der Waals surface area contributed by atoms with Crippen LogP contribution >= 0.6 is 0 Å². The molecule has 5 nitrogen and oxygen atoms in total. The van der Waals surface area contributed by atoms with E-state index in [0.717, 1.165) is 37.3 Å². The smallest absolute Gasteiger partial charge is 0.216 e. The fourth-order valence-corrected chi connectivity index (χ4v) is 4.32. The number of benzene rings is 1. The molecule has 2 aromatic rings. The molecule has 1 atom stereocenters. The first-order chi connectivity index (χ1) is 14.2. The van der Waals surface area contributed by atoms with Gasteiger partial charge in [0.1, 0.15) is 0 Å². The highest BCUT2D eigenvalue weighted by Crippen LogP contribution is 2.35. The van der Waals surface area contributed by atoms with Crippen LogP contribution in [0.1, 0.15) is 50.4 Å². The van der Waals surface area contributed by atoms with E-state index < -0.39 is 0 Å². The SMILES string of the molecule is C=C(C)c1ccccc1C1CN(Cc2cc(OC)nc(OC)c2)CCN1C(C)(C)C. The predicted octanol–water partition coefficient (Wildman–Crippen LogP) is 4.79. The lowest BCUT2D eigenvalue weighted by Gasteiger charge is -2.48. The highest BCUT2D eigenvalue weighted by atomic mass is 16.5. The van der Waals surface area contributed by atoms with Crippen LogP contribution in [0.4, 0.5) is 0 Å². The molecule has 0 bridgehead atoms. The first-order valence-corrected chi connectivity index (χ1v) is 10.6. The van der Waals surface area contributed by atoms with E-state index >= 15 is 0 Å². The van der Waals surface area contributed by atoms with E-state index in [1.165, 1.54) is 11.1 Å². The lowest BCUT2D eigenvalue weighted by atomic mass is 9.90. The van der Waals surface area contributed by atoms with Crippen molar-refractivity contribution in [3.63, 3.8) is 0 Å². The monoisotopic (exact) mass is 409 g/mol. The van der Waals surface area contributed by atoms with Crippen molar-refractivity contribution in [2.24, 2.45) is 0 Å². The topological polar surface area (TPSA) is 37.8 Å². The van der Waals surface area contributed by atoms with Gasteiger partial charge in [0, 0.05) is 49.9 Å². The van der Waals surface area contributed by atoms with Crippen molar-refractivity contribution in [2.75, 3.05) is 33.9 Å². The van der Waals surface area contributed by atoms with Gasteiger partial charge in [-0.3, -0.25) is 9.80 Å². The van der Waals surface area contributed by atoms with Gasteiger partial charge in [-0.05, 0) is 44.4 Å². The Morgan fingerprint density at radius 2 is 1.73 bits per heavy atom. The summed E-state index contributed by atoms with van der Waals surface area (Å²) in [5, 5.41) is 0. The second-order valence-corrected chi connectivity index (χ2v) is 9.04. The largest absolute Gasteiger partial charge is 0.481 e. The van der Waals surface area contributed by atoms with Gasteiger partial charge >= 0.3 is 0 Å². The van der Waals surface area contributed by atoms with Gasteiger partial charge in [-0.2, -0.15) is 4.98 Å². The van der Waals surface area contributed by atoms with Crippen molar-refractivity contribution < 1.29 is 9.47 Å². The number of piperazine rings is 1. The molecule has 1 unspecified atom stereocenters. The molecule has 1 aliphatic rings. The summed E-state index contributed by atoms with van der Waals surface area (Å²) in [6, 6.07) is 13.0. The fourth-order valence-electron chi connectivity index (χ4n) is 4.32. The zero-order valence-electron chi connectivity index (χ0n) is 19.2. The first kappa shape index (κ1) is 22.3. The molecular formula is C25H35N3O2. The molecule has 0 amide bonds. The molecule has 5 heteroatoms. The third-order valence-corrected chi connectivity index (χ3v) is 5.77. The molecule has 30 heavy (non-hydrogen) atoms. The van der Waals surface area contributed by atoms with Gasteiger partial charge in [0.2, 0.25) is 11.8 Å². The summed E-state index contributed by atoms with van der Waals surface area (Å²) in [6.45, 7) is 17.0. The molecule has 0 spiro atoms. The van der Waals surface area contributed by atoms with Gasteiger partial charge in [-0.25, -0.2) is 0 Å². The number of allylic oxidation sites excluding steroid dienone is 1. The number of methoxy groups -OCH3 is 2. The minimum absolute atomic E-state index is 0.0854. The number of hydrogen-bond acceptors (Lipinski definition) is 5. The minimum atomic E-state index is 0.0854. The molecule has 0 radical (unpaired) electrons. The maximum atomic E-state index is 5.35. The van der Waals surface area contributed by atoms with Crippen LogP contribution in [0.3, 0.4) is 0 Å². The molecule has 0 aliphatic carbocycles.